The fourth-order valence-electron chi connectivity index (χ4n) is 2.28. The Morgan fingerprint density at radius 3 is 2.11 bits per heavy atom. The molecule has 0 unspecified atom stereocenters. The van der Waals surface area contributed by atoms with Crippen LogP contribution in [0.1, 0.15) is 22.3 Å². The second-order valence-electron chi connectivity index (χ2n) is 6.50. The van der Waals surface area contributed by atoms with E-state index in [-0.39, 0.29) is 6.61 Å². The molecule has 0 aromatic heterocycles. The van der Waals surface area contributed by atoms with Crippen LogP contribution in [0.5, 0.6) is 5.75 Å². The molecule has 2 aromatic carbocycles. The minimum absolute atomic E-state index is 0.329. The highest BCUT2D eigenvalue weighted by molar-refractivity contribution is 6.01. The fraction of sp³-hybridized carbons (Fsp3) is 0.286. The van der Waals surface area contributed by atoms with E-state index in [1.165, 1.54) is 0 Å². The summed E-state index contributed by atoms with van der Waals surface area (Å²) in [5.74, 6) is -0.902. The highest BCUT2D eigenvalue weighted by atomic mass is 16.6. The van der Waals surface area contributed by atoms with Gasteiger partial charge in [0, 0.05) is 5.69 Å². The van der Waals surface area contributed by atoms with Crippen LogP contribution < -0.4 is 15.4 Å². The number of aryl methyl sites for hydroxylation is 4. The van der Waals surface area contributed by atoms with E-state index in [0.717, 1.165) is 22.3 Å². The van der Waals surface area contributed by atoms with Crippen molar-refractivity contribution in [1.29, 1.82) is 0 Å². The van der Waals surface area contributed by atoms with Gasteiger partial charge in [-0.25, -0.2) is 9.59 Å². The number of carbonyl (C=O) groups excluding carboxylic acids is 3. The number of urea groups is 1. The Bertz CT molecular complexity index is 892. The summed E-state index contributed by atoms with van der Waals surface area (Å²) in [6.07, 6.45) is 0. The summed E-state index contributed by atoms with van der Waals surface area (Å²) in [5.41, 5.74) is 4.83. The van der Waals surface area contributed by atoms with Gasteiger partial charge in [-0.15, -0.1) is 0 Å². The molecule has 0 saturated carbocycles. The van der Waals surface area contributed by atoms with Crippen molar-refractivity contribution in [2.24, 2.45) is 0 Å². The number of ether oxygens (including phenoxy) is 2. The van der Waals surface area contributed by atoms with Gasteiger partial charge in [-0.1, -0.05) is 12.1 Å². The standard InChI is InChI=1S/C21H24N2O5/c1-13-5-7-17(9-15(13)3)22-21(26)23-19(24)11-28-20(25)12-27-18-8-6-14(2)16(4)10-18/h5-10H,11-12H2,1-4H3,(H2,22,23,24,26). The van der Waals surface area contributed by atoms with Gasteiger partial charge in [-0.05, 0) is 74.2 Å². The first-order valence-corrected chi connectivity index (χ1v) is 8.78. The lowest BCUT2D eigenvalue weighted by atomic mass is 10.1. The number of anilines is 1. The van der Waals surface area contributed by atoms with Crippen LogP contribution in [0.15, 0.2) is 36.4 Å². The lowest BCUT2D eigenvalue weighted by Gasteiger charge is -2.10. The Hall–Kier alpha value is -3.35. The largest absolute Gasteiger partial charge is 0.482 e. The van der Waals surface area contributed by atoms with Crippen molar-refractivity contribution in [3.8, 4) is 5.75 Å². The van der Waals surface area contributed by atoms with E-state index in [1.54, 1.807) is 18.2 Å². The Morgan fingerprint density at radius 2 is 1.46 bits per heavy atom. The summed E-state index contributed by atoms with van der Waals surface area (Å²) in [5, 5.41) is 4.65. The van der Waals surface area contributed by atoms with Gasteiger partial charge >= 0.3 is 12.0 Å². The average molecular weight is 384 g/mol. The SMILES string of the molecule is Cc1ccc(NC(=O)NC(=O)COC(=O)COc2ccc(C)c(C)c2)cc1C. The minimum Gasteiger partial charge on any atom is -0.482 e. The molecular weight excluding hydrogens is 360 g/mol. The van der Waals surface area contributed by atoms with E-state index in [1.807, 2.05) is 45.9 Å². The van der Waals surface area contributed by atoms with Gasteiger partial charge in [0.1, 0.15) is 5.75 Å². The number of hydrogen-bond acceptors (Lipinski definition) is 5. The predicted molar refractivity (Wildman–Crippen MR) is 105 cm³/mol. The first kappa shape index (κ1) is 21.0. The van der Waals surface area contributed by atoms with Gasteiger partial charge in [-0.2, -0.15) is 0 Å². The van der Waals surface area contributed by atoms with Crippen molar-refractivity contribution in [3.05, 3.63) is 58.7 Å². The van der Waals surface area contributed by atoms with Gasteiger partial charge in [0.25, 0.3) is 5.91 Å². The Kier molecular flexibility index (Phi) is 7.14. The van der Waals surface area contributed by atoms with Crippen LogP contribution in [0.2, 0.25) is 0 Å². The van der Waals surface area contributed by atoms with Crippen molar-refractivity contribution in [1.82, 2.24) is 5.32 Å². The second kappa shape index (κ2) is 9.55. The van der Waals surface area contributed by atoms with Crippen LogP contribution in [0.3, 0.4) is 0 Å². The lowest BCUT2D eigenvalue weighted by molar-refractivity contribution is -0.150. The van der Waals surface area contributed by atoms with Gasteiger partial charge in [-0.3, -0.25) is 10.1 Å². The van der Waals surface area contributed by atoms with Crippen molar-refractivity contribution in [3.63, 3.8) is 0 Å². The zero-order valence-electron chi connectivity index (χ0n) is 16.4. The van der Waals surface area contributed by atoms with Gasteiger partial charge in [0.15, 0.2) is 13.2 Å². The summed E-state index contributed by atoms with van der Waals surface area (Å²) >= 11 is 0. The molecule has 2 aromatic rings. The molecule has 7 nitrogen and oxygen atoms in total. The van der Waals surface area contributed by atoms with Crippen molar-refractivity contribution in [2.75, 3.05) is 18.5 Å². The van der Waals surface area contributed by atoms with E-state index in [0.29, 0.717) is 11.4 Å². The van der Waals surface area contributed by atoms with Crippen LogP contribution in [0.4, 0.5) is 10.5 Å². The van der Waals surface area contributed by atoms with Gasteiger partial charge in [0.05, 0.1) is 0 Å². The van der Waals surface area contributed by atoms with Crippen LogP contribution in [0, 0.1) is 27.7 Å². The molecule has 2 rings (SSSR count). The third-order valence-corrected chi connectivity index (χ3v) is 4.22. The Balaban J connectivity index is 1.71. The number of rotatable bonds is 6. The Labute approximate surface area is 164 Å². The first-order valence-electron chi connectivity index (χ1n) is 8.78. The first-order chi connectivity index (χ1) is 13.2. The fourth-order valence-corrected chi connectivity index (χ4v) is 2.28. The van der Waals surface area contributed by atoms with E-state index in [9.17, 15) is 14.4 Å². The smallest absolute Gasteiger partial charge is 0.344 e. The summed E-state index contributed by atoms with van der Waals surface area (Å²) in [6.45, 7) is 6.89. The van der Waals surface area contributed by atoms with Crippen LogP contribution in [0.25, 0.3) is 0 Å². The maximum Gasteiger partial charge on any atom is 0.344 e. The molecule has 0 aliphatic rings. The highest BCUT2D eigenvalue weighted by Gasteiger charge is 2.12. The molecule has 0 saturated heterocycles. The van der Waals surface area contributed by atoms with Crippen LogP contribution in [-0.4, -0.2) is 31.1 Å². The monoisotopic (exact) mass is 384 g/mol. The summed E-state index contributed by atoms with van der Waals surface area (Å²) in [6, 6.07) is 10.1. The topological polar surface area (TPSA) is 93.7 Å². The number of nitrogens with one attached hydrogen (secondary N) is 2. The normalized spacial score (nSPS) is 10.1. The number of carbonyl (C=O) groups is 3. The molecule has 3 amide bonds. The molecule has 2 N–H and O–H groups in total. The zero-order chi connectivity index (χ0) is 20.7. The van der Waals surface area contributed by atoms with Gasteiger partial charge < -0.3 is 14.8 Å². The number of hydrogen-bond donors (Lipinski definition) is 2. The van der Waals surface area contributed by atoms with Crippen molar-refractivity contribution < 1.29 is 23.9 Å². The van der Waals surface area contributed by atoms with Crippen LogP contribution in [-0.2, 0) is 14.3 Å². The van der Waals surface area contributed by atoms with E-state index in [2.05, 4.69) is 10.6 Å². The maximum atomic E-state index is 11.8. The maximum absolute atomic E-state index is 11.8. The number of imide groups is 1. The molecule has 0 spiro atoms. The summed E-state index contributed by atoms with van der Waals surface area (Å²) < 4.78 is 10.1. The van der Waals surface area contributed by atoms with Crippen molar-refractivity contribution >= 4 is 23.6 Å². The van der Waals surface area contributed by atoms with E-state index >= 15 is 0 Å². The predicted octanol–water partition coefficient (Wildman–Crippen LogP) is 3.19. The molecule has 0 heterocycles. The summed E-state index contributed by atoms with van der Waals surface area (Å²) in [7, 11) is 0. The van der Waals surface area contributed by atoms with Gasteiger partial charge in [0.2, 0.25) is 0 Å². The van der Waals surface area contributed by atoms with E-state index in [4.69, 9.17) is 9.47 Å². The molecule has 7 heteroatoms. The van der Waals surface area contributed by atoms with Crippen LogP contribution >= 0.6 is 0 Å². The Morgan fingerprint density at radius 1 is 0.821 bits per heavy atom. The molecule has 0 radical (unpaired) electrons. The average Bonchev–Trinajstić information content (AvgIpc) is 2.64. The molecule has 0 aliphatic carbocycles. The number of benzene rings is 2. The zero-order valence-corrected chi connectivity index (χ0v) is 16.4. The molecule has 0 fully saturated rings. The second-order valence-corrected chi connectivity index (χ2v) is 6.50. The quantitative estimate of drug-likeness (QED) is 0.746. The van der Waals surface area contributed by atoms with Crippen molar-refractivity contribution in [2.45, 2.75) is 27.7 Å². The molecule has 148 valence electrons. The molecule has 0 atom stereocenters. The minimum atomic E-state index is -0.735. The highest BCUT2D eigenvalue weighted by Crippen LogP contribution is 2.16. The number of esters is 1. The number of amides is 3. The molecule has 28 heavy (non-hydrogen) atoms. The third kappa shape index (κ3) is 6.42. The third-order valence-electron chi connectivity index (χ3n) is 4.22. The molecular formula is C21H24N2O5. The summed E-state index contributed by atoms with van der Waals surface area (Å²) in [4.78, 5) is 35.3. The lowest BCUT2D eigenvalue weighted by Crippen LogP contribution is -2.37. The van der Waals surface area contributed by atoms with E-state index < -0.39 is 24.5 Å². The molecule has 0 bridgehead atoms. The molecule has 0 aliphatic heterocycles.